The van der Waals surface area contributed by atoms with Gasteiger partial charge in [-0.05, 0) is 47.3 Å². The Bertz CT molecular complexity index is 424. The van der Waals surface area contributed by atoms with Crippen LogP contribution in [0.2, 0.25) is 0 Å². The zero-order valence-corrected chi connectivity index (χ0v) is 10.5. The molecule has 1 aliphatic carbocycles. The lowest BCUT2D eigenvalue weighted by Crippen LogP contribution is -2.13. The van der Waals surface area contributed by atoms with E-state index in [0.717, 1.165) is 39.8 Å². The van der Waals surface area contributed by atoms with Crippen LogP contribution >= 0.6 is 15.9 Å². The molecule has 3 heteroatoms. The predicted octanol–water partition coefficient (Wildman–Crippen LogP) is 3.29. The van der Waals surface area contributed by atoms with Crippen LogP contribution in [-0.2, 0) is 6.42 Å². The highest BCUT2D eigenvalue weighted by Gasteiger charge is 2.24. The van der Waals surface area contributed by atoms with Crippen LogP contribution in [-0.4, -0.2) is 12.9 Å². The van der Waals surface area contributed by atoms with E-state index in [9.17, 15) is 4.79 Å². The zero-order valence-electron chi connectivity index (χ0n) is 8.89. The molecule has 0 bridgehead atoms. The number of aryl methyl sites for hydroxylation is 1. The van der Waals surface area contributed by atoms with Gasteiger partial charge in [0.15, 0.2) is 5.78 Å². The van der Waals surface area contributed by atoms with Gasteiger partial charge in [-0.1, -0.05) is 0 Å². The van der Waals surface area contributed by atoms with Crippen LogP contribution in [0.5, 0.6) is 5.75 Å². The first kappa shape index (κ1) is 10.7. The molecule has 15 heavy (non-hydrogen) atoms. The molecule has 2 nitrogen and oxygen atoms in total. The van der Waals surface area contributed by atoms with E-state index >= 15 is 0 Å². The number of hydrogen-bond acceptors (Lipinski definition) is 2. The van der Waals surface area contributed by atoms with Crippen molar-refractivity contribution in [2.45, 2.75) is 26.2 Å². The standard InChI is InChI=1S/C12H13BrO2/c1-7-6-10(15-2)8-4-3-5-9(14)11(8)12(7)13/h6H,3-5H2,1-2H3. The van der Waals surface area contributed by atoms with Gasteiger partial charge in [0.25, 0.3) is 0 Å². The molecule has 0 amide bonds. The molecule has 0 atom stereocenters. The second-order valence-electron chi connectivity index (χ2n) is 3.84. The molecule has 0 radical (unpaired) electrons. The smallest absolute Gasteiger partial charge is 0.164 e. The number of halogens is 1. The molecular weight excluding hydrogens is 256 g/mol. The summed E-state index contributed by atoms with van der Waals surface area (Å²) in [4.78, 5) is 11.8. The highest BCUT2D eigenvalue weighted by atomic mass is 79.9. The normalized spacial score (nSPS) is 15.0. The van der Waals surface area contributed by atoms with Gasteiger partial charge in [0.1, 0.15) is 5.75 Å². The van der Waals surface area contributed by atoms with E-state index in [1.165, 1.54) is 0 Å². The van der Waals surface area contributed by atoms with Gasteiger partial charge < -0.3 is 4.74 Å². The van der Waals surface area contributed by atoms with Gasteiger partial charge in [-0.2, -0.15) is 0 Å². The highest BCUT2D eigenvalue weighted by molar-refractivity contribution is 9.10. The zero-order chi connectivity index (χ0) is 11.0. The molecule has 80 valence electrons. The maximum Gasteiger partial charge on any atom is 0.164 e. The van der Waals surface area contributed by atoms with Gasteiger partial charge in [-0.15, -0.1) is 0 Å². The Morgan fingerprint density at radius 2 is 2.13 bits per heavy atom. The van der Waals surface area contributed by atoms with Crippen LogP contribution in [0.4, 0.5) is 0 Å². The molecule has 1 aromatic carbocycles. The molecule has 0 saturated carbocycles. The Morgan fingerprint density at radius 3 is 2.80 bits per heavy atom. The molecule has 0 fully saturated rings. The molecule has 1 aliphatic rings. The lowest BCUT2D eigenvalue weighted by molar-refractivity contribution is 0.0970. The van der Waals surface area contributed by atoms with Gasteiger partial charge in [-0.25, -0.2) is 0 Å². The minimum Gasteiger partial charge on any atom is -0.496 e. The monoisotopic (exact) mass is 268 g/mol. The van der Waals surface area contributed by atoms with E-state index in [0.29, 0.717) is 6.42 Å². The lowest BCUT2D eigenvalue weighted by Gasteiger charge is -2.20. The Kier molecular flexibility index (Phi) is 2.83. The van der Waals surface area contributed by atoms with Crippen molar-refractivity contribution < 1.29 is 9.53 Å². The van der Waals surface area contributed by atoms with Crippen LogP contribution in [0.1, 0.15) is 34.3 Å². The van der Waals surface area contributed by atoms with Gasteiger partial charge in [-0.3, -0.25) is 4.79 Å². The third-order valence-corrected chi connectivity index (χ3v) is 3.86. The van der Waals surface area contributed by atoms with Crippen LogP contribution in [0.15, 0.2) is 10.5 Å². The average Bonchev–Trinajstić information content (AvgIpc) is 2.23. The summed E-state index contributed by atoms with van der Waals surface area (Å²) >= 11 is 3.49. The predicted molar refractivity (Wildman–Crippen MR) is 62.7 cm³/mol. The van der Waals surface area contributed by atoms with Crippen molar-refractivity contribution in [3.8, 4) is 5.75 Å². The van der Waals surface area contributed by atoms with E-state index in [4.69, 9.17) is 4.74 Å². The van der Waals surface area contributed by atoms with E-state index < -0.39 is 0 Å². The summed E-state index contributed by atoms with van der Waals surface area (Å²) < 4.78 is 6.26. The van der Waals surface area contributed by atoms with Crippen molar-refractivity contribution in [2.75, 3.05) is 7.11 Å². The summed E-state index contributed by atoms with van der Waals surface area (Å²) in [6, 6.07) is 1.99. The number of fused-ring (bicyclic) bond motifs is 1. The third-order valence-electron chi connectivity index (χ3n) is 2.84. The third kappa shape index (κ3) is 1.69. The summed E-state index contributed by atoms with van der Waals surface area (Å²) in [6.45, 7) is 1.98. The number of benzene rings is 1. The van der Waals surface area contributed by atoms with Crippen molar-refractivity contribution in [1.82, 2.24) is 0 Å². The molecular formula is C12H13BrO2. The quantitative estimate of drug-likeness (QED) is 0.782. The number of Topliss-reactive ketones (excluding diaryl/α,β-unsaturated/α-hetero) is 1. The Labute approximate surface area is 97.8 Å². The van der Waals surface area contributed by atoms with Crippen LogP contribution in [0, 0.1) is 6.92 Å². The molecule has 0 spiro atoms. The highest BCUT2D eigenvalue weighted by Crippen LogP contribution is 2.36. The number of hydrogen-bond donors (Lipinski definition) is 0. The van der Waals surface area contributed by atoms with E-state index in [1.54, 1.807) is 7.11 Å². The molecule has 0 aliphatic heterocycles. The molecule has 1 aromatic rings. The fraction of sp³-hybridized carbons (Fsp3) is 0.417. The van der Waals surface area contributed by atoms with Crippen molar-refractivity contribution in [3.63, 3.8) is 0 Å². The number of ketones is 1. The first-order chi connectivity index (χ1) is 7.15. The summed E-state index contributed by atoms with van der Waals surface area (Å²) in [5.41, 5.74) is 2.95. The summed E-state index contributed by atoms with van der Waals surface area (Å²) in [7, 11) is 1.65. The first-order valence-corrected chi connectivity index (χ1v) is 5.83. The maximum atomic E-state index is 11.8. The fourth-order valence-electron chi connectivity index (χ4n) is 2.07. The summed E-state index contributed by atoms with van der Waals surface area (Å²) in [6.07, 6.45) is 2.51. The minimum absolute atomic E-state index is 0.227. The number of carbonyl (C=O) groups is 1. The molecule has 2 rings (SSSR count). The van der Waals surface area contributed by atoms with E-state index in [1.807, 2.05) is 13.0 Å². The van der Waals surface area contributed by atoms with Gasteiger partial charge in [0.05, 0.1) is 7.11 Å². The molecule has 0 N–H and O–H groups in total. The largest absolute Gasteiger partial charge is 0.496 e. The van der Waals surface area contributed by atoms with Crippen molar-refractivity contribution in [3.05, 3.63) is 27.2 Å². The van der Waals surface area contributed by atoms with Crippen LogP contribution < -0.4 is 4.74 Å². The molecule has 0 unspecified atom stereocenters. The Morgan fingerprint density at radius 1 is 1.40 bits per heavy atom. The van der Waals surface area contributed by atoms with Crippen molar-refractivity contribution in [2.24, 2.45) is 0 Å². The molecule has 0 saturated heterocycles. The number of methoxy groups -OCH3 is 1. The number of carbonyl (C=O) groups excluding carboxylic acids is 1. The van der Waals surface area contributed by atoms with Crippen molar-refractivity contribution in [1.29, 1.82) is 0 Å². The summed E-state index contributed by atoms with van der Waals surface area (Å²) in [5.74, 6) is 1.07. The van der Waals surface area contributed by atoms with Crippen LogP contribution in [0.25, 0.3) is 0 Å². The molecule has 0 heterocycles. The number of rotatable bonds is 1. The van der Waals surface area contributed by atoms with Gasteiger partial charge in [0.2, 0.25) is 0 Å². The Balaban J connectivity index is 2.70. The average molecular weight is 269 g/mol. The first-order valence-electron chi connectivity index (χ1n) is 5.04. The second-order valence-corrected chi connectivity index (χ2v) is 4.63. The maximum absolute atomic E-state index is 11.8. The topological polar surface area (TPSA) is 26.3 Å². The number of ether oxygens (including phenoxy) is 1. The van der Waals surface area contributed by atoms with Gasteiger partial charge >= 0.3 is 0 Å². The van der Waals surface area contributed by atoms with Crippen LogP contribution in [0.3, 0.4) is 0 Å². The lowest BCUT2D eigenvalue weighted by atomic mass is 9.89. The minimum atomic E-state index is 0.227. The van der Waals surface area contributed by atoms with Crippen molar-refractivity contribution >= 4 is 21.7 Å². The van der Waals surface area contributed by atoms with Gasteiger partial charge in [0, 0.05) is 22.0 Å². The summed E-state index contributed by atoms with van der Waals surface area (Å²) in [5, 5.41) is 0. The van der Waals surface area contributed by atoms with E-state index in [-0.39, 0.29) is 5.78 Å². The Hall–Kier alpha value is -0.830. The van der Waals surface area contributed by atoms with E-state index in [2.05, 4.69) is 15.9 Å². The second kappa shape index (κ2) is 3.97. The molecule has 0 aromatic heterocycles. The fourth-order valence-corrected chi connectivity index (χ4v) is 2.65. The SMILES string of the molecule is COc1cc(C)c(Br)c2c1CCCC2=O.